The van der Waals surface area contributed by atoms with Crippen molar-refractivity contribution in [2.24, 2.45) is 0 Å². The topological polar surface area (TPSA) is 61.3 Å². The van der Waals surface area contributed by atoms with Gasteiger partial charge in [-0.25, -0.2) is 14.8 Å². The Kier molecular flexibility index (Phi) is 4.33. The minimum atomic E-state index is -0.458. The Morgan fingerprint density at radius 1 is 1.41 bits per heavy atom. The molecular weight excluding hydrogens is 240 g/mol. The monoisotopic (exact) mass is 254 g/mol. The highest BCUT2D eigenvalue weighted by atomic mass is 32.2. The lowest BCUT2D eigenvalue weighted by atomic mass is 10.2. The summed E-state index contributed by atoms with van der Waals surface area (Å²) >= 11 is 1.69. The molecule has 1 fully saturated rings. The molecule has 5 nitrogen and oxygen atoms in total. The molecule has 0 radical (unpaired) electrons. The fraction of sp³-hybridized carbons (Fsp3) is 0.545. The third kappa shape index (κ3) is 3.41. The zero-order valence-corrected chi connectivity index (χ0v) is 10.4. The van der Waals surface area contributed by atoms with Gasteiger partial charge in [-0.1, -0.05) is 0 Å². The normalized spacial score (nSPS) is 16.8. The predicted molar refractivity (Wildman–Crippen MR) is 63.1 cm³/mol. The molecule has 0 amide bonds. The van der Waals surface area contributed by atoms with E-state index in [1.807, 2.05) is 0 Å². The van der Waals surface area contributed by atoms with Gasteiger partial charge in [0.2, 0.25) is 0 Å². The SMILES string of the molecule is COC(=O)c1cnc(SC2CCOCC2)cn1. The summed E-state index contributed by atoms with van der Waals surface area (Å²) in [6.45, 7) is 1.62. The Morgan fingerprint density at radius 2 is 2.18 bits per heavy atom. The maximum absolute atomic E-state index is 11.2. The van der Waals surface area contributed by atoms with Gasteiger partial charge in [0.05, 0.1) is 19.5 Å². The molecule has 0 aromatic carbocycles. The van der Waals surface area contributed by atoms with Crippen LogP contribution in [-0.2, 0) is 9.47 Å². The average molecular weight is 254 g/mol. The van der Waals surface area contributed by atoms with Crippen LogP contribution in [0.5, 0.6) is 0 Å². The molecule has 0 N–H and O–H groups in total. The van der Waals surface area contributed by atoms with E-state index >= 15 is 0 Å². The number of hydrogen-bond acceptors (Lipinski definition) is 6. The van der Waals surface area contributed by atoms with E-state index in [0.717, 1.165) is 31.1 Å². The van der Waals surface area contributed by atoms with E-state index in [4.69, 9.17) is 4.74 Å². The van der Waals surface area contributed by atoms with Gasteiger partial charge >= 0.3 is 5.97 Å². The first-order valence-corrected chi connectivity index (χ1v) is 6.32. The molecule has 1 aliphatic rings. The molecule has 0 unspecified atom stereocenters. The molecule has 92 valence electrons. The standard InChI is InChI=1S/C11H14N2O3S/c1-15-11(14)9-6-13-10(7-12-9)17-8-2-4-16-5-3-8/h6-8H,2-5H2,1H3. The third-order valence-electron chi connectivity index (χ3n) is 2.48. The Balaban J connectivity index is 1.95. The number of esters is 1. The molecule has 6 heteroatoms. The predicted octanol–water partition coefficient (Wildman–Crippen LogP) is 1.53. The van der Waals surface area contributed by atoms with Crippen molar-refractivity contribution in [2.45, 2.75) is 23.1 Å². The summed E-state index contributed by atoms with van der Waals surface area (Å²) in [6.07, 6.45) is 5.13. The molecule has 0 spiro atoms. The zero-order chi connectivity index (χ0) is 12.1. The number of thioether (sulfide) groups is 1. The van der Waals surface area contributed by atoms with Crippen LogP contribution in [-0.4, -0.2) is 41.5 Å². The molecule has 0 saturated carbocycles. The molecule has 2 rings (SSSR count). The third-order valence-corrected chi connectivity index (χ3v) is 3.74. The van der Waals surface area contributed by atoms with Crippen LogP contribution in [0.2, 0.25) is 0 Å². The number of methoxy groups -OCH3 is 1. The van der Waals surface area contributed by atoms with Crippen LogP contribution >= 0.6 is 11.8 Å². The summed E-state index contributed by atoms with van der Waals surface area (Å²) in [5.74, 6) is -0.458. The van der Waals surface area contributed by atoms with Crippen LogP contribution in [0.15, 0.2) is 17.4 Å². The summed E-state index contributed by atoms with van der Waals surface area (Å²) in [7, 11) is 1.33. The fourth-order valence-corrected chi connectivity index (χ4v) is 2.55. The summed E-state index contributed by atoms with van der Waals surface area (Å²) < 4.78 is 9.85. The lowest BCUT2D eigenvalue weighted by Crippen LogP contribution is -2.17. The highest BCUT2D eigenvalue weighted by Gasteiger charge is 2.16. The molecule has 1 aromatic rings. The van der Waals surface area contributed by atoms with E-state index in [1.165, 1.54) is 13.3 Å². The first kappa shape index (κ1) is 12.3. The maximum Gasteiger partial charge on any atom is 0.358 e. The molecular formula is C11H14N2O3S. The van der Waals surface area contributed by atoms with Crippen molar-refractivity contribution in [1.29, 1.82) is 0 Å². The summed E-state index contributed by atoms with van der Waals surface area (Å²) in [5.41, 5.74) is 0.240. The average Bonchev–Trinajstić information content (AvgIpc) is 2.40. The van der Waals surface area contributed by atoms with Crippen molar-refractivity contribution in [1.82, 2.24) is 9.97 Å². The lowest BCUT2D eigenvalue weighted by Gasteiger charge is -2.20. The van der Waals surface area contributed by atoms with E-state index in [0.29, 0.717) is 5.25 Å². The number of carbonyl (C=O) groups excluding carboxylic acids is 1. The largest absolute Gasteiger partial charge is 0.464 e. The van der Waals surface area contributed by atoms with Crippen LogP contribution in [0.1, 0.15) is 23.3 Å². The maximum atomic E-state index is 11.2. The van der Waals surface area contributed by atoms with Gasteiger partial charge in [-0.2, -0.15) is 0 Å². The molecule has 0 bridgehead atoms. The number of nitrogens with zero attached hydrogens (tertiary/aromatic N) is 2. The van der Waals surface area contributed by atoms with E-state index < -0.39 is 5.97 Å². The quantitative estimate of drug-likeness (QED) is 0.762. The van der Waals surface area contributed by atoms with Crippen molar-refractivity contribution in [3.05, 3.63) is 18.1 Å². The molecule has 0 aliphatic carbocycles. The van der Waals surface area contributed by atoms with Crippen molar-refractivity contribution in [3.8, 4) is 0 Å². The first-order valence-electron chi connectivity index (χ1n) is 5.44. The summed E-state index contributed by atoms with van der Waals surface area (Å²) in [5, 5.41) is 1.37. The van der Waals surface area contributed by atoms with Crippen molar-refractivity contribution in [3.63, 3.8) is 0 Å². The summed E-state index contributed by atoms with van der Waals surface area (Å²) in [6, 6.07) is 0. The fourth-order valence-electron chi connectivity index (χ4n) is 1.55. The van der Waals surface area contributed by atoms with Gasteiger partial charge in [0.25, 0.3) is 0 Å². The second-order valence-corrected chi connectivity index (χ2v) is 4.98. The van der Waals surface area contributed by atoms with Gasteiger partial charge in [0.1, 0.15) is 5.03 Å². The van der Waals surface area contributed by atoms with Gasteiger partial charge in [0.15, 0.2) is 5.69 Å². The second kappa shape index (κ2) is 5.97. The van der Waals surface area contributed by atoms with Gasteiger partial charge in [0, 0.05) is 18.5 Å². The van der Waals surface area contributed by atoms with E-state index in [2.05, 4.69) is 14.7 Å². The highest BCUT2D eigenvalue weighted by Crippen LogP contribution is 2.27. The van der Waals surface area contributed by atoms with Crippen molar-refractivity contribution < 1.29 is 14.3 Å². The van der Waals surface area contributed by atoms with Gasteiger partial charge in [-0.15, -0.1) is 11.8 Å². The van der Waals surface area contributed by atoms with Gasteiger partial charge < -0.3 is 9.47 Å². The summed E-state index contributed by atoms with van der Waals surface area (Å²) in [4.78, 5) is 19.4. The van der Waals surface area contributed by atoms with Crippen LogP contribution in [0.3, 0.4) is 0 Å². The molecule has 1 aliphatic heterocycles. The number of rotatable bonds is 3. The van der Waals surface area contributed by atoms with Gasteiger partial charge in [-0.3, -0.25) is 0 Å². The first-order chi connectivity index (χ1) is 8.29. The molecule has 0 atom stereocenters. The van der Waals surface area contributed by atoms with E-state index in [-0.39, 0.29) is 5.69 Å². The van der Waals surface area contributed by atoms with Gasteiger partial charge in [-0.05, 0) is 12.8 Å². The van der Waals surface area contributed by atoms with Crippen molar-refractivity contribution >= 4 is 17.7 Å². The lowest BCUT2D eigenvalue weighted by molar-refractivity contribution is 0.0593. The minimum Gasteiger partial charge on any atom is -0.464 e. The zero-order valence-electron chi connectivity index (χ0n) is 9.59. The van der Waals surface area contributed by atoms with Crippen molar-refractivity contribution in [2.75, 3.05) is 20.3 Å². The number of ether oxygens (including phenoxy) is 2. The minimum absolute atomic E-state index is 0.240. The van der Waals surface area contributed by atoms with E-state index in [1.54, 1.807) is 18.0 Å². The van der Waals surface area contributed by atoms with Crippen LogP contribution in [0, 0.1) is 0 Å². The van der Waals surface area contributed by atoms with Crippen LogP contribution in [0.25, 0.3) is 0 Å². The molecule has 1 saturated heterocycles. The number of aromatic nitrogens is 2. The smallest absolute Gasteiger partial charge is 0.358 e. The van der Waals surface area contributed by atoms with E-state index in [9.17, 15) is 4.79 Å². The highest BCUT2D eigenvalue weighted by molar-refractivity contribution is 7.99. The molecule has 1 aromatic heterocycles. The second-order valence-electron chi connectivity index (χ2n) is 3.66. The Labute approximate surface area is 104 Å². The molecule has 17 heavy (non-hydrogen) atoms. The Hall–Kier alpha value is -1.14. The Bertz CT molecular complexity index is 377. The number of hydrogen-bond donors (Lipinski definition) is 0. The van der Waals surface area contributed by atoms with Crippen LogP contribution in [0.4, 0.5) is 0 Å². The Morgan fingerprint density at radius 3 is 2.76 bits per heavy atom. The number of carbonyl (C=O) groups is 1. The molecule has 2 heterocycles. The van der Waals surface area contributed by atoms with Crippen LogP contribution < -0.4 is 0 Å².